The van der Waals surface area contributed by atoms with E-state index in [2.05, 4.69) is 21.9 Å². The third kappa shape index (κ3) is 7.44. The van der Waals surface area contributed by atoms with Crippen LogP contribution in [-0.2, 0) is 24.7 Å². The summed E-state index contributed by atoms with van der Waals surface area (Å²) in [5, 5.41) is 47.1. The second-order valence-electron chi connectivity index (χ2n) is 12.2. The fourth-order valence-electron chi connectivity index (χ4n) is 6.07. The molecule has 3 amide bonds. The number of aliphatic hydroxyl groups excluding tert-OH is 1. The highest BCUT2D eigenvalue weighted by atomic mass is 16.6. The Labute approximate surface area is 308 Å². The van der Waals surface area contributed by atoms with E-state index < -0.39 is 29.0 Å². The van der Waals surface area contributed by atoms with Gasteiger partial charge in [0, 0.05) is 59.5 Å². The minimum absolute atomic E-state index is 0.00701. The van der Waals surface area contributed by atoms with E-state index in [1.165, 1.54) is 30.3 Å². The van der Waals surface area contributed by atoms with E-state index in [1.54, 1.807) is 54.6 Å². The number of hydrogen-bond donors (Lipinski definition) is 6. The Morgan fingerprint density at radius 2 is 1.48 bits per heavy atom. The van der Waals surface area contributed by atoms with Crippen molar-refractivity contribution >= 4 is 35.1 Å². The lowest BCUT2D eigenvalue weighted by molar-refractivity contribution is -0.124. The molecule has 6 rings (SSSR count). The molecule has 0 unspecified atom stereocenters. The molecule has 1 spiro atoms. The van der Waals surface area contributed by atoms with Crippen molar-refractivity contribution in [3.05, 3.63) is 112 Å². The minimum Gasteiger partial charge on any atom is -0.511 e. The van der Waals surface area contributed by atoms with Gasteiger partial charge in [-0.1, -0.05) is 6.07 Å². The molecular formula is C40H32N4O10. The van der Waals surface area contributed by atoms with Crippen LogP contribution in [0.3, 0.4) is 0 Å². The van der Waals surface area contributed by atoms with Crippen LogP contribution in [0.25, 0.3) is 0 Å². The van der Waals surface area contributed by atoms with Crippen molar-refractivity contribution < 1.29 is 48.7 Å². The quantitative estimate of drug-likeness (QED) is 0.0276. The number of ether oxygens (including phenoxy) is 3. The number of aliphatic hydroxyl groups is 1. The molecule has 0 aromatic heterocycles. The van der Waals surface area contributed by atoms with Gasteiger partial charge in [-0.25, -0.2) is 4.79 Å². The number of amides is 3. The molecule has 2 aliphatic heterocycles. The number of fused-ring (bicyclic) bond motifs is 6. The first kappa shape index (κ1) is 36.3. The molecule has 0 bridgehead atoms. The summed E-state index contributed by atoms with van der Waals surface area (Å²) in [7, 11) is 0. The van der Waals surface area contributed by atoms with E-state index in [0.717, 1.165) is 0 Å². The highest BCUT2D eigenvalue weighted by molar-refractivity contribution is 6.07. The number of allylic oxidation sites excluding steroid dienone is 1. The van der Waals surface area contributed by atoms with Crippen LogP contribution in [0, 0.1) is 23.7 Å². The zero-order valence-corrected chi connectivity index (χ0v) is 28.5. The summed E-state index contributed by atoms with van der Waals surface area (Å²) < 4.78 is 17.6. The van der Waals surface area contributed by atoms with Gasteiger partial charge < -0.3 is 45.5 Å². The third-order valence-corrected chi connectivity index (χ3v) is 8.57. The molecule has 6 N–H and O–H groups in total. The van der Waals surface area contributed by atoms with Gasteiger partial charge in [0.05, 0.1) is 18.7 Å². The van der Waals surface area contributed by atoms with Crippen molar-refractivity contribution in [2.75, 3.05) is 23.8 Å². The lowest BCUT2D eigenvalue weighted by Crippen LogP contribution is -2.33. The van der Waals surface area contributed by atoms with Crippen LogP contribution in [0.15, 0.2) is 90.2 Å². The van der Waals surface area contributed by atoms with Gasteiger partial charge in [0.25, 0.3) is 5.91 Å². The maximum absolute atomic E-state index is 13.3. The molecule has 0 fully saturated rings. The van der Waals surface area contributed by atoms with Gasteiger partial charge in [-0.3, -0.25) is 14.4 Å². The Balaban J connectivity index is 0.992. The first-order chi connectivity index (χ1) is 26.0. The Bertz CT molecular complexity index is 2230. The normalized spacial score (nSPS) is 13.3. The van der Waals surface area contributed by atoms with Gasteiger partial charge in [0.2, 0.25) is 11.8 Å². The van der Waals surface area contributed by atoms with Crippen LogP contribution in [0.4, 0.5) is 11.4 Å². The number of carbonyl (C=O) groups is 4. The SMILES string of the molecule is C#CCC/C(O)=C(\C#N)C(=O)Nc1ccc(OCCCC(=O)NCC(=O)Nc2ccc3c(c2)C(=O)OC32c3ccc(O)cc3Oc3cc(O)ccc32)cc1. The molecule has 0 saturated heterocycles. The van der Waals surface area contributed by atoms with Crippen molar-refractivity contribution in [1.29, 1.82) is 5.26 Å². The maximum Gasteiger partial charge on any atom is 0.340 e. The first-order valence-corrected chi connectivity index (χ1v) is 16.6. The largest absolute Gasteiger partial charge is 0.511 e. The number of benzene rings is 4. The molecule has 54 heavy (non-hydrogen) atoms. The molecule has 14 nitrogen and oxygen atoms in total. The molecule has 0 aliphatic carbocycles. The number of nitriles is 1. The van der Waals surface area contributed by atoms with Crippen LogP contribution in [0.1, 0.15) is 52.7 Å². The number of hydrogen-bond acceptors (Lipinski definition) is 11. The monoisotopic (exact) mass is 728 g/mol. The average Bonchev–Trinajstić information content (AvgIpc) is 3.43. The van der Waals surface area contributed by atoms with E-state index in [1.807, 2.05) is 0 Å². The number of carbonyl (C=O) groups excluding carboxylic acids is 4. The molecule has 272 valence electrons. The number of phenols is 2. The molecule has 4 aromatic rings. The summed E-state index contributed by atoms with van der Waals surface area (Å²) in [6.07, 6.45) is 5.76. The molecule has 0 saturated carbocycles. The summed E-state index contributed by atoms with van der Waals surface area (Å²) in [6, 6.07) is 21.6. The molecule has 0 atom stereocenters. The van der Waals surface area contributed by atoms with Crippen LogP contribution >= 0.6 is 0 Å². The lowest BCUT2D eigenvalue weighted by atomic mass is 9.77. The molecule has 2 heterocycles. The number of nitrogens with one attached hydrogen (secondary N) is 3. The summed E-state index contributed by atoms with van der Waals surface area (Å²) in [6.45, 7) is -0.139. The number of phenolic OH excluding ortho intramolecular Hbond substituents is 2. The molecule has 0 radical (unpaired) electrons. The van der Waals surface area contributed by atoms with Crippen molar-refractivity contribution in [2.24, 2.45) is 0 Å². The minimum atomic E-state index is -1.44. The second kappa shape index (κ2) is 15.4. The van der Waals surface area contributed by atoms with Crippen molar-refractivity contribution in [3.8, 4) is 47.2 Å². The lowest BCUT2D eigenvalue weighted by Gasteiger charge is -2.36. The van der Waals surface area contributed by atoms with Gasteiger partial charge in [0.1, 0.15) is 40.6 Å². The summed E-state index contributed by atoms with van der Waals surface area (Å²) in [4.78, 5) is 50.8. The van der Waals surface area contributed by atoms with E-state index in [4.69, 9.17) is 20.6 Å². The van der Waals surface area contributed by atoms with E-state index in [0.29, 0.717) is 40.2 Å². The van der Waals surface area contributed by atoms with Crippen molar-refractivity contribution in [3.63, 3.8) is 0 Å². The Morgan fingerprint density at radius 3 is 2.13 bits per heavy atom. The summed E-state index contributed by atoms with van der Waals surface area (Å²) in [5.41, 5.74) is 0.396. The van der Waals surface area contributed by atoms with Crippen LogP contribution in [0.5, 0.6) is 28.7 Å². The number of esters is 1. The van der Waals surface area contributed by atoms with Gasteiger partial charge in [0.15, 0.2) is 11.2 Å². The standard InChI is InChI=1S/C40H32N4O10/c1-2-3-5-33(47)29(21-41)38(50)44-23-7-12-27(13-8-23)52-17-4-6-36(48)42-22-37(49)43-24-9-14-30-28(18-24)39(51)54-40(30)31-15-10-25(45)19-34(31)53-35-20-26(46)11-16-32(35)40/h1,7-16,18-20,45-47H,3-6,17,22H2,(H,42,48)(H,43,49)(H,44,50)/b33-29-. The highest BCUT2D eigenvalue weighted by Crippen LogP contribution is 2.57. The van der Waals surface area contributed by atoms with Crippen molar-refractivity contribution in [1.82, 2.24) is 5.32 Å². The predicted molar refractivity (Wildman–Crippen MR) is 193 cm³/mol. The smallest absolute Gasteiger partial charge is 0.340 e. The van der Waals surface area contributed by atoms with Crippen LogP contribution in [0.2, 0.25) is 0 Å². The van der Waals surface area contributed by atoms with E-state index in [-0.39, 0.29) is 72.6 Å². The van der Waals surface area contributed by atoms with Crippen LogP contribution < -0.4 is 25.4 Å². The second-order valence-corrected chi connectivity index (χ2v) is 12.2. The van der Waals surface area contributed by atoms with E-state index in [9.17, 15) is 39.8 Å². The topological polar surface area (TPSA) is 217 Å². The number of nitrogens with zero attached hydrogens (tertiary/aromatic N) is 1. The number of terminal acetylenes is 1. The summed E-state index contributed by atoms with van der Waals surface area (Å²) in [5.74, 6) is 0.420. The zero-order valence-electron chi connectivity index (χ0n) is 28.5. The van der Waals surface area contributed by atoms with Gasteiger partial charge >= 0.3 is 5.97 Å². The average molecular weight is 729 g/mol. The number of anilines is 2. The van der Waals surface area contributed by atoms with Crippen molar-refractivity contribution in [2.45, 2.75) is 31.3 Å². The Morgan fingerprint density at radius 1 is 0.833 bits per heavy atom. The maximum atomic E-state index is 13.3. The van der Waals surface area contributed by atoms with Gasteiger partial charge in [-0.05, 0) is 67.1 Å². The Kier molecular flexibility index (Phi) is 10.4. The van der Waals surface area contributed by atoms with Gasteiger partial charge in [-0.15, -0.1) is 12.3 Å². The third-order valence-electron chi connectivity index (χ3n) is 8.57. The molecule has 2 aliphatic rings. The number of aromatic hydroxyl groups is 2. The van der Waals surface area contributed by atoms with E-state index >= 15 is 0 Å². The van der Waals surface area contributed by atoms with Crippen LogP contribution in [-0.4, -0.2) is 52.2 Å². The fourth-order valence-corrected chi connectivity index (χ4v) is 6.07. The molecule has 4 aromatic carbocycles. The fraction of sp³-hybridized carbons (Fsp3) is 0.175. The predicted octanol–water partition coefficient (Wildman–Crippen LogP) is 5.27. The number of rotatable bonds is 12. The highest BCUT2D eigenvalue weighted by Gasteiger charge is 2.53. The molecular weight excluding hydrogens is 696 g/mol. The summed E-state index contributed by atoms with van der Waals surface area (Å²) >= 11 is 0. The Hall–Kier alpha value is -7.45. The zero-order chi connectivity index (χ0) is 38.4. The van der Waals surface area contributed by atoms with Gasteiger partial charge in [-0.2, -0.15) is 5.26 Å². The first-order valence-electron chi connectivity index (χ1n) is 16.6. The molecule has 14 heteroatoms.